The third-order valence-electron chi connectivity index (χ3n) is 2.26. The van der Waals surface area contributed by atoms with E-state index >= 15 is 0 Å². The Morgan fingerprint density at radius 3 is 2.50 bits per heavy atom. The molecule has 1 aliphatic carbocycles. The van der Waals surface area contributed by atoms with E-state index in [2.05, 4.69) is 32.1 Å². The summed E-state index contributed by atoms with van der Waals surface area (Å²) >= 11 is 0. The van der Waals surface area contributed by atoms with Crippen LogP contribution < -0.4 is 24.8 Å². The fourth-order valence-corrected chi connectivity index (χ4v) is 1.44. The first-order valence-electron chi connectivity index (χ1n) is 5.27. The van der Waals surface area contributed by atoms with Crippen LogP contribution in [0.2, 0.25) is 0 Å². The molecule has 1 atom stereocenters. The van der Waals surface area contributed by atoms with E-state index in [1.54, 1.807) is 0 Å². The van der Waals surface area contributed by atoms with Gasteiger partial charge in [0.15, 0.2) is 0 Å². The van der Waals surface area contributed by atoms with E-state index in [-0.39, 0.29) is 52.6 Å². The SMILES string of the molecule is CCCCOC(CC)C1=[C-]CC=C1.[Cl-].[Cl-].[Ti+3]. The summed E-state index contributed by atoms with van der Waals surface area (Å²) in [6, 6.07) is 0. The Hall–Kier alpha value is 0.734. The first kappa shape index (κ1) is 22.0. The minimum absolute atomic E-state index is 0. The average Bonchev–Trinajstić information content (AvgIpc) is 2.65. The second-order valence-corrected chi connectivity index (χ2v) is 3.36. The maximum absolute atomic E-state index is 5.76. The molecule has 0 heterocycles. The molecule has 1 nitrogen and oxygen atoms in total. The molecule has 4 heteroatoms. The van der Waals surface area contributed by atoms with Crippen LogP contribution in [0.1, 0.15) is 39.5 Å². The quantitative estimate of drug-likeness (QED) is 0.294. The Balaban J connectivity index is -0.000000563. The van der Waals surface area contributed by atoms with Gasteiger partial charge < -0.3 is 29.6 Å². The molecule has 0 N–H and O–H groups in total. The molecule has 0 aliphatic heterocycles. The van der Waals surface area contributed by atoms with Gasteiger partial charge in [0.25, 0.3) is 0 Å². The molecule has 0 fully saturated rings. The number of hydrogen-bond acceptors (Lipinski definition) is 1. The summed E-state index contributed by atoms with van der Waals surface area (Å²) in [7, 11) is 0. The average molecular weight is 298 g/mol. The van der Waals surface area contributed by atoms with Crippen molar-refractivity contribution >= 4 is 0 Å². The summed E-state index contributed by atoms with van der Waals surface area (Å²) in [6.45, 7) is 5.23. The molecule has 1 radical (unpaired) electrons. The molecule has 0 saturated heterocycles. The molecule has 1 unspecified atom stereocenters. The van der Waals surface area contributed by atoms with Crippen LogP contribution in [-0.2, 0) is 26.5 Å². The molecule has 1 rings (SSSR count). The number of hydrogen-bond donors (Lipinski definition) is 0. The number of unbranched alkanes of at least 4 members (excludes halogenated alkanes) is 1. The Morgan fingerprint density at radius 2 is 2.06 bits per heavy atom. The molecule has 0 saturated carbocycles. The summed E-state index contributed by atoms with van der Waals surface area (Å²) in [6.07, 6.45) is 12.3. The number of ether oxygens (including phenoxy) is 1. The molecule has 0 aromatic rings. The summed E-state index contributed by atoms with van der Waals surface area (Å²) in [4.78, 5) is 0. The van der Waals surface area contributed by atoms with Crippen molar-refractivity contribution in [3.8, 4) is 0 Å². The van der Waals surface area contributed by atoms with Crippen LogP contribution >= 0.6 is 0 Å². The van der Waals surface area contributed by atoms with Gasteiger partial charge in [-0.1, -0.05) is 20.3 Å². The number of rotatable bonds is 6. The van der Waals surface area contributed by atoms with Crippen molar-refractivity contribution < 1.29 is 51.3 Å². The molecule has 1 aliphatic rings. The van der Waals surface area contributed by atoms with Crippen molar-refractivity contribution in [3.63, 3.8) is 0 Å². The van der Waals surface area contributed by atoms with Crippen LogP contribution in [0.4, 0.5) is 0 Å². The topological polar surface area (TPSA) is 9.23 Å². The zero-order valence-corrected chi connectivity index (χ0v) is 13.0. The fourth-order valence-electron chi connectivity index (χ4n) is 1.44. The Kier molecular flexibility index (Phi) is 18.9. The summed E-state index contributed by atoms with van der Waals surface area (Å²) < 4.78 is 5.76. The van der Waals surface area contributed by atoms with Gasteiger partial charge in [-0.15, -0.1) is 6.42 Å². The Morgan fingerprint density at radius 1 is 1.38 bits per heavy atom. The van der Waals surface area contributed by atoms with Gasteiger partial charge in [-0.3, -0.25) is 6.08 Å². The maximum atomic E-state index is 5.76. The molecule has 0 aromatic heterocycles. The normalized spacial score (nSPS) is 14.2. The van der Waals surface area contributed by atoms with Crippen molar-refractivity contribution in [2.24, 2.45) is 0 Å². The Bertz CT molecular complexity index is 205. The molecular formula is C12H19Cl2OTi. The minimum atomic E-state index is 0. The van der Waals surface area contributed by atoms with E-state index in [4.69, 9.17) is 4.74 Å². The molecule has 0 aromatic carbocycles. The largest absolute Gasteiger partial charge is 3.00 e. The van der Waals surface area contributed by atoms with E-state index in [1.165, 1.54) is 12.0 Å². The van der Waals surface area contributed by atoms with Crippen LogP contribution in [0.5, 0.6) is 0 Å². The Labute approximate surface area is 127 Å². The van der Waals surface area contributed by atoms with Gasteiger partial charge in [0.2, 0.25) is 0 Å². The van der Waals surface area contributed by atoms with E-state index in [1.807, 2.05) is 0 Å². The summed E-state index contributed by atoms with van der Waals surface area (Å²) in [5, 5.41) is 0. The zero-order valence-electron chi connectivity index (χ0n) is 9.93. The number of allylic oxidation sites excluding steroid dienone is 2. The van der Waals surface area contributed by atoms with Gasteiger partial charge in [0, 0.05) is 12.7 Å². The van der Waals surface area contributed by atoms with E-state index in [9.17, 15) is 0 Å². The standard InChI is InChI=1S/C12H19O.2ClH.Ti/c1-3-5-10-13-12(4-2)11-8-6-7-9-11;;;/h6,8,12H,3-5,7,10H2,1-2H3;2*1H;/q-1;;;+3/p-2. The van der Waals surface area contributed by atoms with Gasteiger partial charge in [0.05, 0.1) is 0 Å². The van der Waals surface area contributed by atoms with Gasteiger partial charge >= 0.3 is 21.7 Å². The van der Waals surface area contributed by atoms with E-state index < -0.39 is 0 Å². The smallest absolute Gasteiger partial charge is 1.00 e. The predicted octanol–water partition coefficient (Wildman–Crippen LogP) is -2.72. The predicted molar refractivity (Wildman–Crippen MR) is 55.5 cm³/mol. The van der Waals surface area contributed by atoms with Crippen LogP contribution in [0.25, 0.3) is 0 Å². The third-order valence-corrected chi connectivity index (χ3v) is 2.26. The monoisotopic (exact) mass is 297 g/mol. The molecule has 0 amide bonds. The van der Waals surface area contributed by atoms with Gasteiger partial charge in [0.1, 0.15) is 0 Å². The van der Waals surface area contributed by atoms with E-state index in [0.29, 0.717) is 0 Å². The van der Waals surface area contributed by atoms with Crippen molar-refractivity contribution in [1.82, 2.24) is 0 Å². The molecule has 0 bridgehead atoms. The van der Waals surface area contributed by atoms with Crippen molar-refractivity contribution in [2.75, 3.05) is 6.61 Å². The van der Waals surface area contributed by atoms with Crippen molar-refractivity contribution in [1.29, 1.82) is 0 Å². The first-order chi connectivity index (χ1) is 6.38. The van der Waals surface area contributed by atoms with Crippen molar-refractivity contribution in [3.05, 3.63) is 23.8 Å². The molecule has 16 heavy (non-hydrogen) atoms. The molecular weight excluding hydrogens is 279 g/mol. The van der Waals surface area contributed by atoms with Gasteiger partial charge in [-0.2, -0.15) is 11.6 Å². The second kappa shape index (κ2) is 13.8. The van der Waals surface area contributed by atoms with Crippen LogP contribution in [0, 0.1) is 6.08 Å². The first-order valence-corrected chi connectivity index (χ1v) is 5.27. The van der Waals surface area contributed by atoms with Crippen LogP contribution in [0.3, 0.4) is 0 Å². The summed E-state index contributed by atoms with van der Waals surface area (Å²) in [5.74, 6) is 0. The fraction of sp³-hybridized carbons (Fsp3) is 0.667. The second-order valence-electron chi connectivity index (χ2n) is 3.36. The minimum Gasteiger partial charge on any atom is -1.00 e. The van der Waals surface area contributed by atoms with Crippen LogP contribution in [0.15, 0.2) is 17.7 Å². The number of halogens is 2. The van der Waals surface area contributed by atoms with Crippen molar-refractivity contribution in [2.45, 2.75) is 45.6 Å². The van der Waals surface area contributed by atoms with E-state index in [0.717, 1.165) is 25.9 Å². The third kappa shape index (κ3) is 7.92. The van der Waals surface area contributed by atoms with Gasteiger partial charge in [-0.05, 0) is 12.8 Å². The zero-order chi connectivity index (χ0) is 9.52. The maximum Gasteiger partial charge on any atom is 3.00 e. The molecule has 91 valence electrons. The summed E-state index contributed by atoms with van der Waals surface area (Å²) in [5.41, 5.74) is 1.25. The van der Waals surface area contributed by atoms with Crippen LogP contribution in [-0.4, -0.2) is 12.7 Å². The molecule has 0 spiro atoms. The van der Waals surface area contributed by atoms with Gasteiger partial charge in [-0.25, -0.2) is 6.08 Å².